The molecule has 0 atom stereocenters. The minimum Gasteiger partial charge on any atom is -0.397 e. The topological polar surface area (TPSA) is 58.4 Å². The first-order valence-corrected chi connectivity index (χ1v) is 8.63. The second-order valence-corrected chi connectivity index (χ2v) is 6.70. The Morgan fingerprint density at radius 3 is 2.22 bits per heavy atom. The molecule has 0 aliphatic heterocycles. The van der Waals surface area contributed by atoms with E-state index in [-0.39, 0.29) is 11.7 Å². The molecule has 5 heteroatoms. The van der Waals surface area contributed by atoms with Crippen LogP contribution in [0.25, 0.3) is 11.1 Å². The summed E-state index contributed by atoms with van der Waals surface area (Å²) >= 11 is 0. The van der Waals surface area contributed by atoms with Crippen LogP contribution in [-0.4, -0.2) is 24.9 Å². The second kappa shape index (κ2) is 8.01. The van der Waals surface area contributed by atoms with E-state index >= 15 is 0 Å². The molecule has 4 nitrogen and oxygen atoms in total. The highest BCUT2D eigenvalue weighted by Gasteiger charge is 2.10. The summed E-state index contributed by atoms with van der Waals surface area (Å²) < 4.78 is 13.1. The van der Waals surface area contributed by atoms with Crippen molar-refractivity contribution >= 4 is 17.3 Å². The van der Waals surface area contributed by atoms with Crippen molar-refractivity contribution in [2.75, 3.05) is 25.1 Å². The third-order valence-corrected chi connectivity index (χ3v) is 4.19. The molecule has 27 heavy (non-hydrogen) atoms. The van der Waals surface area contributed by atoms with Crippen LogP contribution in [0.3, 0.4) is 0 Å². The smallest absolute Gasteiger partial charge is 0.255 e. The number of benzene rings is 3. The third kappa shape index (κ3) is 4.71. The van der Waals surface area contributed by atoms with Crippen LogP contribution < -0.4 is 11.1 Å². The van der Waals surface area contributed by atoms with Crippen molar-refractivity contribution in [2.45, 2.75) is 6.54 Å². The van der Waals surface area contributed by atoms with Crippen molar-refractivity contribution in [3.63, 3.8) is 0 Å². The third-order valence-electron chi connectivity index (χ3n) is 4.19. The lowest BCUT2D eigenvalue weighted by molar-refractivity contribution is 0.102. The minimum absolute atomic E-state index is 0.227. The fraction of sp³-hybridized carbons (Fsp3) is 0.136. The monoisotopic (exact) mass is 363 g/mol. The Hall–Kier alpha value is -3.18. The van der Waals surface area contributed by atoms with Gasteiger partial charge in [-0.3, -0.25) is 4.79 Å². The summed E-state index contributed by atoms with van der Waals surface area (Å²) in [4.78, 5) is 14.6. The van der Waals surface area contributed by atoms with E-state index in [0.29, 0.717) is 16.9 Å². The maximum atomic E-state index is 13.1. The molecule has 3 aromatic carbocycles. The zero-order valence-corrected chi connectivity index (χ0v) is 15.4. The number of amides is 1. The number of carbonyl (C=O) groups is 1. The molecule has 138 valence electrons. The van der Waals surface area contributed by atoms with E-state index in [2.05, 4.69) is 10.2 Å². The summed E-state index contributed by atoms with van der Waals surface area (Å²) in [6.45, 7) is 0.814. The maximum Gasteiger partial charge on any atom is 0.255 e. The van der Waals surface area contributed by atoms with Gasteiger partial charge < -0.3 is 16.0 Å². The average Bonchev–Trinajstić information content (AvgIpc) is 2.64. The predicted molar refractivity (Wildman–Crippen MR) is 108 cm³/mol. The van der Waals surface area contributed by atoms with Crippen molar-refractivity contribution in [2.24, 2.45) is 0 Å². The van der Waals surface area contributed by atoms with Crippen LogP contribution in [0.15, 0.2) is 66.7 Å². The average molecular weight is 363 g/mol. The molecule has 1 amide bonds. The Labute approximate surface area is 158 Å². The first-order valence-electron chi connectivity index (χ1n) is 8.63. The fourth-order valence-electron chi connectivity index (χ4n) is 2.81. The van der Waals surface area contributed by atoms with Gasteiger partial charge in [0.15, 0.2) is 0 Å². The molecule has 0 radical (unpaired) electrons. The van der Waals surface area contributed by atoms with Gasteiger partial charge in [-0.2, -0.15) is 0 Å². The lowest BCUT2D eigenvalue weighted by atomic mass is 10.0. The number of nitrogen functional groups attached to an aromatic ring is 1. The van der Waals surface area contributed by atoms with E-state index in [0.717, 1.165) is 23.2 Å². The standard InChI is InChI=1S/C22H22FN3O/c1-26(2)14-15-3-5-17(6-4-15)22(27)25-21-13-18(9-12-20(21)24)16-7-10-19(23)11-8-16/h3-13H,14,24H2,1-2H3,(H,25,27). The Bertz CT molecular complexity index is 935. The molecule has 3 aromatic rings. The number of hydrogen-bond acceptors (Lipinski definition) is 3. The molecule has 0 saturated heterocycles. The lowest BCUT2D eigenvalue weighted by Crippen LogP contribution is -2.14. The summed E-state index contributed by atoms with van der Waals surface area (Å²) in [6.07, 6.45) is 0. The van der Waals surface area contributed by atoms with Crippen LogP contribution in [0.1, 0.15) is 15.9 Å². The van der Waals surface area contributed by atoms with Crippen molar-refractivity contribution in [3.05, 3.63) is 83.7 Å². The molecule has 0 bridgehead atoms. The van der Waals surface area contributed by atoms with Gasteiger partial charge in [0.25, 0.3) is 5.91 Å². The zero-order chi connectivity index (χ0) is 19.4. The van der Waals surface area contributed by atoms with Gasteiger partial charge in [-0.25, -0.2) is 4.39 Å². The SMILES string of the molecule is CN(C)Cc1ccc(C(=O)Nc2cc(-c3ccc(F)cc3)ccc2N)cc1. The predicted octanol–water partition coefficient (Wildman–Crippen LogP) is 4.39. The number of nitrogens with one attached hydrogen (secondary N) is 1. The van der Waals surface area contributed by atoms with Gasteiger partial charge in [0, 0.05) is 12.1 Å². The van der Waals surface area contributed by atoms with E-state index in [4.69, 9.17) is 5.73 Å². The van der Waals surface area contributed by atoms with Gasteiger partial charge in [0.05, 0.1) is 11.4 Å². The molecular formula is C22H22FN3O. The summed E-state index contributed by atoms with van der Waals surface area (Å²) in [7, 11) is 4.00. The Morgan fingerprint density at radius 2 is 1.59 bits per heavy atom. The molecule has 3 rings (SSSR count). The fourth-order valence-corrected chi connectivity index (χ4v) is 2.81. The number of rotatable bonds is 5. The van der Waals surface area contributed by atoms with E-state index in [1.807, 2.05) is 32.3 Å². The van der Waals surface area contributed by atoms with Crippen molar-refractivity contribution < 1.29 is 9.18 Å². The van der Waals surface area contributed by atoms with E-state index in [1.54, 1.807) is 36.4 Å². The van der Waals surface area contributed by atoms with E-state index in [9.17, 15) is 9.18 Å². The van der Waals surface area contributed by atoms with Crippen LogP contribution in [-0.2, 0) is 6.54 Å². The van der Waals surface area contributed by atoms with Gasteiger partial charge in [-0.15, -0.1) is 0 Å². The van der Waals surface area contributed by atoms with Crippen molar-refractivity contribution in [1.82, 2.24) is 4.90 Å². The summed E-state index contributed by atoms with van der Waals surface area (Å²) in [5.41, 5.74) is 10.4. The van der Waals surface area contributed by atoms with Crippen LogP contribution in [0, 0.1) is 5.82 Å². The number of hydrogen-bond donors (Lipinski definition) is 2. The first-order chi connectivity index (χ1) is 12.9. The van der Waals surface area contributed by atoms with Crippen molar-refractivity contribution in [3.8, 4) is 11.1 Å². The molecule has 0 aliphatic rings. The van der Waals surface area contributed by atoms with Gasteiger partial charge in [-0.1, -0.05) is 30.3 Å². The largest absolute Gasteiger partial charge is 0.397 e. The molecule has 0 aromatic heterocycles. The molecule has 3 N–H and O–H groups in total. The summed E-state index contributed by atoms with van der Waals surface area (Å²) in [5.74, 6) is -0.519. The second-order valence-electron chi connectivity index (χ2n) is 6.70. The number of carbonyl (C=O) groups excluding carboxylic acids is 1. The number of nitrogens with zero attached hydrogens (tertiary/aromatic N) is 1. The molecule has 0 saturated carbocycles. The minimum atomic E-state index is -0.291. The Morgan fingerprint density at radius 1 is 0.963 bits per heavy atom. The highest BCUT2D eigenvalue weighted by Crippen LogP contribution is 2.28. The molecule has 0 spiro atoms. The molecular weight excluding hydrogens is 341 g/mol. The number of halogens is 1. The van der Waals surface area contributed by atoms with Crippen LogP contribution in [0.4, 0.5) is 15.8 Å². The molecule has 0 aliphatic carbocycles. The molecule has 0 unspecified atom stereocenters. The Balaban J connectivity index is 1.79. The maximum absolute atomic E-state index is 13.1. The van der Waals surface area contributed by atoms with Crippen molar-refractivity contribution in [1.29, 1.82) is 0 Å². The van der Waals surface area contributed by atoms with Crippen LogP contribution >= 0.6 is 0 Å². The quantitative estimate of drug-likeness (QED) is 0.661. The van der Waals surface area contributed by atoms with E-state index in [1.165, 1.54) is 12.1 Å². The van der Waals surface area contributed by atoms with Gasteiger partial charge >= 0.3 is 0 Å². The van der Waals surface area contributed by atoms with E-state index < -0.39 is 0 Å². The highest BCUT2D eigenvalue weighted by atomic mass is 19.1. The van der Waals surface area contributed by atoms with Crippen LogP contribution in [0.5, 0.6) is 0 Å². The lowest BCUT2D eigenvalue weighted by Gasteiger charge is -2.12. The zero-order valence-electron chi connectivity index (χ0n) is 15.4. The van der Waals surface area contributed by atoms with Gasteiger partial charge in [0.1, 0.15) is 5.82 Å². The van der Waals surface area contributed by atoms with Gasteiger partial charge in [-0.05, 0) is 67.2 Å². The Kier molecular flexibility index (Phi) is 5.52. The summed E-state index contributed by atoms with van der Waals surface area (Å²) in [5, 5.41) is 2.86. The number of nitrogens with two attached hydrogens (primary N) is 1. The molecule has 0 fully saturated rings. The highest BCUT2D eigenvalue weighted by molar-refractivity contribution is 6.06. The molecule has 0 heterocycles. The summed E-state index contributed by atoms with van der Waals surface area (Å²) in [6, 6.07) is 19.0. The van der Waals surface area contributed by atoms with Gasteiger partial charge in [0.2, 0.25) is 0 Å². The number of anilines is 2. The normalized spacial score (nSPS) is 10.8. The van der Waals surface area contributed by atoms with Crippen LogP contribution in [0.2, 0.25) is 0 Å². The first kappa shape index (κ1) is 18.6.